The number of unbranched alkanes of at least 4 members (excludes halogenated alkanes) is 13. The molecule has 0 saturated carbocycles. The molecule has 1 heteroatoms. The van der Waals surface area contributed by atoms with E-state index >= 15 is 0 Å². The van der Waals surface area contributed by atoms with Crippen LogP contribution >= 0.6 is 0 Å². The molecule has 0 bridgehead atoms. The molecule has 0 aromatic carbocycles. The van der Waals surface area contributed by atoms with Crippen LogP contribution < -0.4 is 0 Å². The lowest BCUT2D eigenvalue weighted by Gasteiger charge is -2.29. The third-order valence-corrected chi connectivity index (χ3v) is 5.70. The van der Waals surface area contributed by atoms with Crippen molar-refractivity contribution in [3.63, 3.8) is 0 Å². The summed E-state index contributed by atoms with van der Waals surface area (Å²) >= 11 is 0. The predicted molar refractivity (Wildman–Crippen MR) is 117 cm³/mol. The molecule has 25 heavy (non-hydrogen) atoms. The second kappa shape index (κ2) is 20.3. The van der Waals surface area contributed by atoms with Crippen LogP contribution in [0.5, 0.6) is 0 Å². The molecule has 0 aromatic heterocycles. The van der Waals surface area contributed by atoms with E-state index in [4.69, 9.17) is 0 Å². The zero-order chi connectivity index (χ0) is 18.6. The van der Waals surface area contributed by atoms with E-state index in [1.165, 1.54) is 122 Å². The molecule has 0 aromatic rings. The van der Waals surface area contributed by atoms with E-state index in [0.29, 0.717) is 0 Å². The van der Waals surface area contributed by atoms with Crippen molar-refractivity contribution in [2.75, 3.05) is 13.1 Å². The number of nitrogens with zero attached hydrogens (tertiary/aromatic N) is 1. The first-order valence-electron chi connectivity index (χ1n) is 12.0. The molecule has 0 saturated heterocycles. The van der Waals surface area contributed by atoms with E-state index in [2.05, 4.69) is 32.6 Å². The summed E-state index contributed by atoms with van der Waals surface area (Å²) in [6.07, 6.45) is 24.3. The lowest BCUT2D eigenvalue weighted by molar-refractivity contribution is 0.190. The summed E-state index contributed by atoms with van der Waals surface area (Å²) in [6.45, 7) is 12.0. The lowest BCUT2D eigenvalue weighted by atomic mass is 10.0. The Labute approximate surface area is 161 Å². The summed E-state index contributed by atoms with van der Waals surface area (Å²) in [5.74, 6) is 0. The van der Waals surface area contributed by atoms with E-state index in [0.717, 1.165) is 6.04 Å². The highest BCUT2D eigenvalue weighted by atomic mass is 15.1. The first-order valence-corrected chi connectivity index (χ1v) is 12.0. The van der Waals surface area contributed by atoms with Crippen LogP contribution in [-0.2, 0) is 0 Å². The molecule has 0 aliphatic heterocycles. The first kappa shape index (κ1) is 25.0. The minimum atomic E-state index is 0.793. The fourth-order valence-electron chi connectivity index (χ4n) is 3.74. The Kier molecular flexibility index (Phi) is 20.2. The largest absolute Gasteiger partial charge is 0.301 e. The van der Waals surface area contributed by atoms with Gasteiger partial charge >= 0.3 is 0 Å². The molecule has 1 nitrogen and oxygen atoms in total. The van der Waals surface area contributed by atoms with Gasteiger partial charge in [0.2, 0.25) is 0 Å². The van der Waals surface area contributed by atoms with Gasteiger partial charge in [-0.05, 0) is 39.3 Å². The van der Waals surface area contributed by atoms with Gasteiger partial charge in [-0.3, -0.25) is 0 Å². The summed E-state index contributed by atoms with van der Waals surface area (Å²) in [7, 11) is 0. The molecule has 0 heterocycles. The van der Waals surface area contributed by atoms with Crippen LogP contribution in [0.1, 0.15) is 137 Å². The van der Waals surface area contributed by atoms with Gasteiger partial charge in [-0.1, -0.05) is 111 Å². The van der Waals surface area contributed by atoms with Gasteiger partial charge in [0.1, 0.15) is 0 Å². The minimum Gasteiger partial charge on any atom is -0.301 e. The molecule has 1 unspecified atom stereocenters. The Balaban J connectivity index is 3.48. The van der Waals surface area contributed by atoms with Crippen molar-refractivity contribution in [2.24, 2.45) is 0 Å². The van der Waals surface area contributed by atoms with Crippen LogP contribution in [-0.4, -0.2) is 24.0 Å². The number of hydrogen-bond acceptors (Lipinski definition) is 1. The van der Waals surface area contributed by atoms with Gasteiger partial charge in [0.15, 0.2) is 0 Å². The summed E-state index contributed by atoms with van der Waals surface area (Å²) < 4.78 is 0. The van der Waals surface area contributed by atoms with E-state index in [1.807, 2.05) is 0 Å². The van der Waals surface area contributed by atoms with Crippen LogP contribution in [0.2, 0.25) is 0 Å². The fraction of sp³-hybridized carbons (Fsp3) is 1.00. The maximum atomic E-state index is 2.76. The van der Waals surface area contributed by atoms with Gasteiger partial charge in [-0.25, -0.2) is 0 Å². The molecule has 0 aliphatic rings. The van der Waals surface area contributed by atoms with Crippen molar-refractivity contribution >= 4 is 0 Å². The predicted octanol–water partition coefficient (Wildman–Crippen LogP) is 8.37. The number of rotatable bonds is 20. The molecule has 0 fully saturated rings. The van der Waals surface area contributed by atoms with E-state index in [1.54, 1.807) is 0 Å². The smallest absolute Gasteiger partial charge is 0.00669 e. The van der Waals surface area contributed by atoms with Crippen molar-refractivity contribution in [2.45, 2.75) is 143 Å². The Bertz CT molecular complexity index is 230. The Hall–Kier alpha value is -0.0400. The van der Waals surface area contributed by atoms with Crippen LogP contribution in [0.25, 0.3) is 0 Å². The quantitative estimate of drug-likeness (QED) is 0.199. The average molecular weight is 354 g/mol. The molecule has 0 rings (SSSR count). The lowest BCUT2D eigenvalue weighted by Crippen LogP contribution is -2.34. The van der Waals surface area contributed by atoms with Gasteiger partial charge in [0.05, 0.1) is 0 Å². The minimum absolute atomic E-state index is 0.793. The topological polar surface area (TPSA) is 3.24 Å². The maximum absolute atomic E-state index is 2.76. The van der Waals surface area contributed by atoms with Crippen molar-refractivity contribution in [1.29, 1.82) is 0 Å². The normalized spacial score (nSPS) is 12.8. The zero-order valence-electron chi connectivity index (χ0n) is 18.5. The molecule has 0 amide bonds. The monoisotopic (exact) mass is 353 g/mol. The Morgan fingerprint density at radius 2 is 0.840 bits per heavy atom. The number of hydrogen-bond donors (Lipinski definition) is 0. The molecule has 152 valence electrons. The highest BCUT2D eigenvalue weighted by Crippen LogP contribution is 2.15. The first-order chi connectivity index (χ1) is 12.3. The second-order valence-electron chi connectivity index (χ2n) is 8.27. The van der Waals surface area contributed by atoms with Crippen LogP contribution in [0.15, 0.2) is 0 Å². The van der Waals surface area contributed by atoms with Crippen molar-refractivity contribution in [3.05, 3.63) is 0 Å². The fourth-order valence-corrected chi connectivity index (χ4v) is 3.74. The summed E-state index contributed by atoms with van der Waals surface area (Å²) in [5.41, 5.74) is 0. The molecular formula is C24H51N. The second-order valence-corrected chi connectivity index (χ2v) is 8.27. The highest BCUT2D eigenvalue weighted by Gasteiger charge is 2.12. The van der Waals surface area contributed by atoms with Crippen molar-refractivity contribution in [3.8, 4) is 0 Å². The van der Waals surface area contributed by atoms with Gasteiger partial charge in [-0.15, -0.1) is 0 Å². The third kappa shape index (κ3) is 17.1. The zero-order valence-corrected chi connectivity index (χ0v) is 18.5. The highest BCUT2D eigenvalue weighted by molar-refractivity contribution is 4.67. The SMILES string of the molecule is CCCCCCCCCCCCCCC(C)N(CCCC)CCCC. The molecular weight excluding hydrogens is 302 g/mol. The summed E-state index contributed by atoms with van der Waals surface area (Å²) in [6, 6.07) is 0.793. The molecule has 1 atom stereocenters. The van der Waals surface area contributed by atoms with Crippen LogP contribution in [0, 0.1) is 0 Å². The van der Waals surface area contributed by atoms with Gasteiger partial charge in [0, 0.05) is 6.04 Å². The molecule has 0 radical (unpaired) electrons. The molecule has 0 aliphatic carbocycles. The van der Waals surface area contributed by atoms with Crippen LogP contribution in [0.4, 0.5) is 0 Å². The van der Waals surface area contributed by atoms with Gasteiger partial charge in [-0.2, -0.15) is 0 Å². The van der Waals surface area contributed by atoms with Crippen molar-refractivity contribution in [1.82, 2.24) is 4.90 Å². The third-order valence-electron chi connectivity index (χ3n) is 5.70. The summed E-state index contributed by atoms with van der Waals surface area (Å²) in [5, 5.41) is 0. The van der Waals surface area contributed by atoms with E-state index < -0.39 is 0 Å². The molecule has 0 spiro atoms. The van der Waals surface area contributed by atoms with Gasteiger partial charge < -0.3 is 4.90 Å². The van der Waals surface area contributed by atoms with Gasteiger partial charge in [0.25, 0.3) is 0 Å². The summed E-state index contributed by atoms with van der Waals surface area (Å²) in [4.78, 5) is 2.76. The van der Waals surface area contributed by atoms with E-state index in [9.17, 15) is 0 Å². The van der Waals surface area contributed by atoms with E-state index in [-0.39, 0.29) is 0 Å². The average Bonchev–Trinajstić information content (AvgIpc) is 2.62. The maximum Gasteiger partial charge on any atom is 0.00669 e. The molecule has 0 N–H and O–H groups in total. The Morgan fingerprint density at radius 1 is 0.480 bits per heavy atom. The van der Waals surface area contributed by atoms with Crippen molar-refractivity contribution < 1.29 is 0 Å². The van der Waals surface area contributed by atoms with Crippen LogP contribution in [0.3, 0.4) is 0 Å². The Morgan fingerprint density at radius 3 is 1.24 bits per heavy atom. The standard InChI is InChI=1S/C24H51N/c1-5-8-11-12-13-14-15-16-17-18-19-20-21-24(4)25(22-9-6-2)23-10-7-3/h24H,5-23H2,1-4H3.